The number of amides is 1. The van der Waals surface area contributed by atoms with Crippen LogP contribution in [0.4, 0.5) is 10.5 Å². The Balaban J connectivity index is 1.64. The van der Waals surface area contributed by atoms with Crippen molar-refractivity contribution in [2.24, 2.45) is 0 Å². The van der Waals surface area contributed by atoms with Crippen molar-refractivity contribution in [1.29, 1.82) is 0 Å². The number of carbonyl (C=O) groups is 1. The van der Waals surface area contributed by atoms with Crippen LogP contribution in [0.1, 0.15) is 36.9 Å². The summed E-state index contributed by atoms with van der Waals surface area (Å²) in [5.41, 5.74) is 2.43. The zero-order valence-electron chi connectivity index (χ0n) is 19.1. The number of methoxy groups -OCH3 is 2. The predicted molar refractivity (Wildman–Crippen MR) is 125 cm³/mol. The summed E-state index contributed by atoms with van der Waals surface area (Å²) in [5, 5.41) is 3.47. The molecule has 174 valence electrons. The average molecular weight is 453 g/mol. The summed E-state index contributed by atoms with van der Waals surface area (Å²) < 4.78 is 21.4. The Morgan fingerprint density at radius 2 is 2.00 bits per heavy atom. The van der Waals surface area contributed by atoms with Crippen LogP contribution in [0.25, 0.3) is 11.0 Å². The fourth-order valence-electron chi connectivity index (χ4n) is 4.41. The van der Waals surface area contributed by atoms with Gasteiger partial charge in [0.25, 0.3) is 0 Å². The molecule has 1 aliphatic heterocycles. The first-order valence-corrected chi connectivity index (χ1v) is 11.0. The van der Waals surface area contributed by atoms with Crippen LogP contribution in [0, 0.1) is 0 Å². The molecule has 8 heteroatoms. The smallest absolute Gasteiger partial charge is 0.411 e. The van der Waals surface area contributed by atoms with Gasteiger partial charge in [-0.25, -0.2) is 9.59 Å². The number of benzene rings is 2. The Hall–Kier alpha value is -3.52. The number of rotatable bonds is 7. The quantitative estimate of drug-likeness (QED) is 0.519. The lowest BCUT2D eigenvalue weighted by atomic mass is 10.0. The molecule has 33 heavy (non-hydrogen) atoms. The van der Waals surface area contributed by atoms with Crippen LogP contribution < -0.4 is 20.4 Å². The van der Waals surface area contributed by atoms with Crippen molar-refractivity contribution in [3.8, 4) is 11.5 Å². The van der Waals surface area contributed by atoms with Crippen LogP contribution in [0.15, 0.2) is 51.7 Å². The monoisotopic (exact) mass is 452 g/mol. The van der Waals surface area contributed by atoms with Gasteiger partial charge in [-0.1, -0.05) is 0 Å². The second-order valence-electron chi connectivity index (χ2n) is 7.88. The fourth-order valence-corrected chi connectivity index (χ4v) is 4.41. The summed E-state index contributed by atoms with van der Waals surface area (Å²) in [6.07, 6.45) is 1.47. The molecule has 1 N–H and O–H groups in total. The van der Waals surface area contributed by atoms with E-state index in [0.717, 1.165) is 47.4 Å². The number of hydrogen-bond acceptors (Lipinski definition) is 7. The second kappa shape index (κ2) is 9.95. The third kappa shape index (κ3) is 4.96. The molecule has 1 aromatic heterocycles. The normalized spacial score (nSPS) is 16.0. The van der Waals surface area contributed by atoms with Crippen LogP contribution in [0.2, 0.25) is 0 Å². The highest BCUT2D eigenvalue weighted by Crippen LogP contribution is 2.40. The molecule has 4 rings (SSSR count). The number of likely N-dealkylation sites (tertiary alicyclic amines) is 1. The molecular weight excluding hydrogens is 424 g/mol. The van der Waals surface area contributed by atoms with Gasteiger partial charge in [0.15, 0.2) is 0 Å². The molecule has 1 atom stereocenters. The van der Waals surface area contributed by atoms with Gasteiger partial charge in [-0.2, -0.15) is 0 Å². The van der Waals surface area contributed by atoms with E-state index in [4.69, 9.17) is 18.6 Å². The fraction of sp³-hybridized carbons (Fsp3) is 0.360. The molecule has 0 aliphatic carbocycles. The van der Waals surface area contributed by atoms with E-state index in [2.05, 4.69) is 10.2 Å². The van der Waals surface area contributed by atoms with E-state index < -0.39 is 11.7 Å². The minimum Gasteiger partial charge on any atom is -0.497 e. The van der Waals surface area contributed by atoms with Crippen molar-refractivity contribution in [3.05, 3.63) is 64.0 Å². The lowest BCUT2D eigenvalue weighted by Crippen LogP contribution is -2.24. The van der Waals surface area contributed by atoms with Crippen LogP contribution >= 0.6 is 0 Å². The largest absolute Gasteiger partial charge is 0.497 e. The lowest BCUT2D eigenvalue weighted by molar-refractivity contribution is 0.168. The van der Waals surface area contributed by atoms with E-state index in [9.17, 15) is 9.59 Å². The van der Waals surface area contributed by atoms with Crippen LogP contribution in [0.3, 0.4) is 0 Å². The molecule has 2 heterocycles. The molecule has 0 saturated carbocycles. The van der Waals surface area contributed by atoms with Crippen molar-refractivity contribution < 1.29 is 23.4 Å². The molecule has 1 saturated heterocycles. The summed E-state index contributed by atoms with van der Waals surface area (Å²) in [6.45, 7) is 3.48. The van der Waals surface area contributed by atoms with Crippen LogP contribution in [-0.4, -0.2) is 38.4 Å². The lowest BCUT2D eigenvalue weighted by Gasteiger charge is -2.27. The zero-order chi connectivity index (χ0) is 23.4. The van der Waals surface area contributed by atoms with E-state index in [0.29, 0.717) is 17.8 Å². The molecule has 3 aromatic rings. The minimum atomic E-state index is -0.553. The zero-order valence-corrected chi connectivity index (χ0v) is 19.1. The number of ether oxygens (including phenoxy) is 3. The van der Waals surface area contributed by atoms with Gasteiger partial charge < -0.3 is 18.6 Å². The Kier molecular flexibility index (Phi) is 6.84. The van der Waals surface area contributed by atoms with Gasteiger partial charge in [0.1, 0.15) is 17.1 Å². The van der Waals surface area contributed by atoms with Crippen molar-refractivity contribution in [1.82, 2.24) is 4.90 Å². The average Bonchev–Trinajstić information content (AvgIpc) is 3.26. The molecule has 1 fully saturated rings. The number of fused-ring (bicyclic) bond motifs is 1. The van der Waals surface area contributed by atoms with E-state index in [-0.39, 0.29) is 12.6 Å². The topological polar surface area (TPSA) is 90.2 Å². The highest BCUT2D eigenvalue weighted by Gasteiger charge is 2.29. The van der Waals surface area contributed by atoms with Crippen molar-refractivity contribution >= 4 is 22.7 Å². The summed E-state index contributed by atoms with van der Waals surface area (Å²) >= 11 is 0. The molecule has 0 radical (unpaired) electrons. The summed E-state index contributed by atoms with van der Waals surface area (Å²) in [4.78, 5) is 26.4. The minimum absolute atomic E-state index is 0.141. The number of nitrogens with zero attached hydrogens (tertiary/aromatic N) is 1. The van der Waals surface area contributed by atoms with Gasteiger partial charge in [-0.3, -0.25) is 10.2 Å². The van der Waals surface area contributed by atoms with E-state index >= 15 is 0 Å². The Morgan fingerprint density at radius 3 is 2.76 bits per heavy atom. The Labute approximate surface area is 192 Å². The first-order chi connectivity index (χ1) is 16.0. The molecule has 1 unspecified atom stereocenters. The highest BCUT2D eigenvalue weighted by molar-refractivity contribution is 5.90. The first-order valence-electron chi connectivity index (χ1n) is 11.0. The highest BCUT2D eigenvalue weighted by atomic mass is 16.5. The Morgan fingerprint density at radius 1 is 1.15 bits per heavy atom. The predicted octanol–water partition coefficient (Wildman–Crippen LogP) is 4.72. The maximum atomic E-state index is 12.3. The van der Waals surface area contributed by atoms with Gasteiger partial charge in [-0.15, -0.1) is 0 Å². The third-order valence-corrected chi connectivity index (χ3v) is 5.88. The van der Waals surface area contributed by atoms with Gasteiger partial charge >= 0.3 is 11.7 Å². The molecule has 1 amide bonds. The molecular formula is C25H28N2O6. The number of anilines is 1. The molecule has 0 bridgehead atoms. The van der Waals surface area contributed by atoms with Crippen molar-refractivity contribution in [2.75, 3.05) is 32.7 Å². The summed E-state index contributed by atoms with van der Waals surface area (Å²) in [6, 6.07) is 12.8. The maximum Gasteiger partial charge on any atom is 0.411 e. The van der Waals surface area contributed by atoms with E-state index in [1.165, 1.54) is 0 Å². The van der Waals surface area contributed by atoms with Crippen molar-refractivity contribution in [2.45, 2.75) is 32.4 Å². The Bertz CT molecular complexity index is 1210. The third-order valence-electron chi connectivity index (χ3n) is 5.88. The first kappa shape index (κ1) is 22.7. The number of carbonyl (C=O) groups excluding carboxylic acids is 1. The van der Waals surface area contributed by atoms with Crippen LogP contribution in [0.5, 0.6) is 11.5 Å². The van der Waals surface area contributed by atoms with E-state index in [1.54, 1.807) is 39.3 Å². The summed E-state index contributed by atoms with van der Waals surface area (Å²) in [7, 11) is 3.32. The molecule has 8 nitrogen and oxygen atoms in total. The second-order valence-corrected chi connectivity index (χ2v) is 7.88. The standard InChI is InChI=1S/C25H28N2O6/c1-4-32-25(29)26-17-7-9-19-16(12-24(28)33-23(19)13-17)15-27-11-5-6-21(27)20-14-18(30-2)8-10-22(20)31-3/h7-10,12-14,21H,4-6,11,15H2,1-3H3,(H,26,29). The van der Waals surface area contributed by atoms with E-state index in [1.807, 2.05) is 24.3 Å². The molecule has 2 aromatic carbocycles. The van der Waals surface area contributed by atoms with Gasteiger partial charge in [0, 0.05) is 41.4 Å². The summed E-state index contributed by atoms with van der Waals surface area (Å²) in [5.74, 6) is 1.60. The maximum absolute atomic E-state index is 12.3. The van der Waals surface area contributed by atoms with Gasteiger partial charge in [-0.05, 0) is 62.2 Å². The number of nitrogens with one attached hydrogen (secondary N) is 1. The molecule has 0 spiro atoms. The molecule has 1 aliphatic rings. The van der Waals surface area contributed by atoms with Crippen molar-refractivity contribution in [3.63, 3.8) is 0 Å². The number of hydrogen-bond donors (Lipinski definition) is 1. The van der Waals surface area contributed by atoms with Crippen LogP contribution in [-0.2, 0) is 11.3 Å². The van der Waals surface area contributed by atoms with Gasteiger partial charge in [0.2, 0.25) is 0 Å². The SMILES string of the molecule is CCOC(=O)Nc1ccc2c(CN3CCCC3c3cc(OC)ccc3OC)cc(=O)oc2c1. The van der Waals surface area contributed by atoms with Gasteiger partial charge in [0.05, 0.1) is 20.8 Å².